The molecular weight excluding hydrogens is 296 g/mol. The van der Waals surface area contributed by atoms with Crippen molar-refractivity contribution < 1.29 is 4.79 Å². The van der Waals surface area contributed by atoms with E-state index in [1.807, 2.05) is 37.3 Å². The third kappa shape index (κ3) is 4.45. The van der Waals surface area contributed by atoms with Crippen LogP contribution < -0.4 is 5.32 Å². The fourth-order valence-electron chi connectivity index (χ4n) is 3.43. The highest BCUT2D eigenvalue weighted by molar-refractivity contribution is 5.94. The fraction of sp³-hybridized carbons (Fsp3) is 0.381. The SMILES string of the molecule is C[C@@H](C(=O)Nc1ccccc1)N1CCC(Cc2ccccc2)CC1. The van der Waals surface area contributed by atoms with Gasteiger partial charge < -0.3 is 5.32 Å². The molecule has 0 aromatic heterocycles. The first kappa shape index (κ1) is 16.7. The zero-order chi connectivity index (χ0) is 16.8. The van der Waals surface area contributed by atoms with E-state index in [-0.39, 0.29) is 11.9 Å². The number of benzene rings is 2. The average Bonchev–Trinajstić information content (AvgIpc) is 2.63. The van der Waals surface area contributed by atoms with Crippen molar-refractivity contribution in [3.8, 4) is 0 Å². The number of hydrogen-bond donors (Lipinski definition) is 1. The lowest BCUT2D eigenvalue weighted by Crippen LogP contribution is -2.46. The van der Waals surface area contributed by atoms with Crippen molar-refractivity contribution in [1.29, 1.82) is 0 Å². The zero-order valence-electron chi connectivity index (χ0n) is 14.3. The van der Waals surface area contributed by atoms with E-state index in [1.54, 1.807) is 0 Å². The van der Waals surface area contributed by atoms with Crippen molar-refractivity contribution in [2.75, 3.05) is 18.4 Å². The third-order valence-electron chi connectivity index (χ3n) is 4.98. The maximum atomic E-state index is 12.4. The zero-order valence-corrected chi connectivity index (χ0v) is 14.3. The van der Waals surface area contributed by atoms with Gasteiger partial charge in [0.2, 0.25) is 5.91 Å². The summed E-state index contributed by atoms with van der Waals surface area (Å²) < 4.78 is 0. The van der Waals surface area contributed by atoms with Crippen LogP contribution in [0.15, 0.2) is 60.7 Å². The Morgan fingerprint density at radius 3 is 2.25 bits per heavy atom. The van der Waals surface area contributed by atoms with E-state index in [0.29, 0.717) is 0 Å². The van der Waals surface area contributed by atoms with Crippen LogP contribution in [-0.2, 0) is 11.2 Å². The lowest BCUT2D eigenvalue weighted by Gasteiger charge is -2.35. The highest BCUT2D eigenvalue weighted by Gasteiger charge is 2.26. The number of para-hydroxylation sites is 1. The third-order valence-corrected chi connectivity index (χ3v) is 4.98. The molecule has 0 unspecified atom stereocenters. The molecule has 24 heavy (non-hydrogen) atoms. The molecule has 0 bridgehead atoms. The van der Waals surface area contributed by atoms with Crippen LogP contribution in [0.3, 0.4) is 0 Å². The molecule has 1 aliphatic rings. The number of piperidine rings is 1. The number of amides is 1. The van der Waals surface area contributed by atoms with Gasteiger partial charge in [0.1, 0.15) is 0 Å². The first-order valence-corrected chi connectivity index (χ1v) is 8.86. The largest absolute Gasteiger partial charge is 0.325 e. The highest BCUT2D eigenvalue weighted by Crippen LogP contribution is 2.23. The number of carbonyl (C=O) groups is 1. The van der Waals surface area contributed by atoms with E-state index in [4.69, 9.17) is 0 Å². The molecule has 0 radical (unpaired) electrons. The Labute approximate surface area is 144 Å². The maximum Gasteiger partial charge on any atom is 0.241 e. The van der Waals surface area contributed by atoms with Crippen LogP contribution in [-0.4, -0.2) is 29.9 Å². The molecule has 0 spiro atoms. The van der Waals surface area contributed by atoms with E-state index in [2.05, 4.69) is 40.5 Å². The Kier molecular flexibility index (Phi) is 5.65. The first-order valence-electron chi connectivity index (χ1n) is 8.86. The minimum atomic E-state index is -0.0807. The van der Waals surface area contributed by atoms with Gasteiger partial charge >= 0.3 is 0 Å². The minimum Gasteiger partial charge on any atom is -0.325 e. The average molecular weight is 322 g/mol. The predicted molar refractivity (Wildman–Crippen MR) is 99.0 cm³/mol. The van der Waals surface area contributed by atoms with Crippen molar-refractivity contribution in [1.82, 2.24) is 4.90 Å². The van der Waals surface area contributed by atoms with E-state index >= 15 is 0 Å². The van der Waals surface area contributed by atoms with Crippen molar-refractivity contribution in [2.45, 2.75) is 32.2 Å². The molecule has 1 N–H and O–H groups in total. The Hall–Kier alpha value is -2.13. The molecule has 3 nitrogen and oxygen atoms in total. The van der Waals surface area contributed by atoms with Crippen LogP contribution >= 0.6 is 0 Å². The van der Waals surface area contributed by atoms with Gasteiger partial charge in [0, 0.05) is 5.69 Å². The molecule has 126 valence electrons. The summed E-state index contributed by atoms with van der Waals surface area (Å²) in [6.07, 6.45) is 3.48. The number of anilines is 1. The van der Waals surface area contributed by atoms with Crippen LogP contribution in [0.1, 0.15) is 25.3 Å². The quantitative estimate of drug-likeness (QED) is 0.903. The molecule has 1 amide bonds. The molecule has 0 saturated carbocycles. The maximum absolute atomic E-state index is 12.4. The second-order valence-corrected chi connectivity index (χ2v) is 6.70. The van der Waals surface area contributed by atoms with Gasteiger partial charge in [0.25, 0.3) is 0 Å². The Morgan fingerprint density at radius 1 is 1.04 bits per heavy atom. The van der Waals surface area contributed by atoms with Crippen molar-refractivity contribution >= 4 is 11.6 Å². The van der Waals surface area contributed by atoms with Crippen molar-refractivity contribution in [3.63, 3.8) is 0 Å². The van der Waals surface area contributed by atoms with Gasteiger partial charge in [-0.3, -0.25) is 9.69 Å². The molecule has 1 heterocycles. The number of likely N-dealkylation sites (tertiary alicyclic amines) is 1. The molecule has 0 aliphatic carbocycles. The topological polar surface area (TPSA) is 32.3 Å². The van der Waals surface area contributed by atoms with Crippen molar-refractivity contribution in [2.24, 2.45) is 5.92 Å². The number of nitrogens with one attached hydrogen (secondary N) is 1. The van der Waals surface area contributed by atoms with Crippen LogP contribution in [0.2, 0.25) is 0 Å². The minimum absolute atomic E-state index is 0.0807. The van der Waals surface area contributed by atoms with Gasteiger partial charge in [-0.1, -0.05) is 48.5 Å². The second-order valence-electron chi connectivity index (χ2n) is 6.70. The molecular formula is C21H26N2O. The van der Waals surface area contributed by atoms with Crippen LogP contribution in [0.5, 0.6) is 0 Å². The summed E-state index contributed by atoms with van der Waals surface area (Å²) in [4.78, 5) is 14.7. The Bertz CT molecular complexity index is 633. The van der Waals surface area contributed by atoms with Gasteiger partial charge in [-0.15, -0.1) is 0 Å². The van der Waals surface area contributed by atoms with Gasteiger partial charge in [-0.05, 0) is 62.9 Å². The number of hydrogen-bond acceptors (Lipinski definition) is 2. The summed E-state index contributed by atoms with van der Waals surface area (Å²) in [5.74, 6) is 0.816. The van der Waals surface area contributed by atoms with Gasteiger partial charge in [-0.25, -0.2) is 0 Å². The molecule has 2 aromatic rings. The summed E-state index contributed by atoms with van der Waals surface area (Å²) in [7, 11) is 0. The molecule has 3 rings (SSSR count). The molecule has 1 fully saturated rings. The van der Waals surface area contributed by atoms with Gasteiger partial charge in [0.05, 0.1) is 6.04 Å². The molecule has 3 heteroatoms. The standard InChI is InChI=1S/C21H26N2O/c1-17(21(24)22-20-10-6-3-7-11-20)23-14-12-19(13-15-23)16-18-8-4-2-5-9-18/h2-11,17,19H,12-16H2,1H3,(H,22,24)/t17-/m0/s1. The van der Waals surface area contributed by atoms with E-state index < -0.39 is 0 Å². The Balaban J connectivity index is 1.48. The monoisotopic (exact) mass is 322 g/mol. The Morgan fingerprint density at radius 2 is 1.62 bits per heavy atom. The first-order chi connectivity index (χ1) is 11.7. The van der Waals surface area contributed by atoms with Crippen LogP contribution in [0.25, 0.3) is 0 Å². The summed E-state index contributed by atoms with van der Waals surface area (Å²) in [5, 5.41) is 3.01. The van der Waals surface area contributed by atoms with Gasteiger partial charge in [0.15, 0.2) is 0 Å². The molecule has 1 aliphatic heterocycles. The predicted octanol–water partition coefficient (Wildman–Crippen LogP) is 3.97. The number of carbonyl (C=O) groups excluding carboxylic acids is 1. The second kappa shape index (κ2) is 8.11. The summed E-state index contributed by atoms with van der Waals surface area (Å²) in [6, 6.07) is 20.3. The number of rotatable bonds is 5. The highest BCUT2D eigenvalue weighted by atomic mass is 16.2. The van der Waals surface area contributed by atoms with E-state index in [9.17, 15) is 4.79 Å². The van der Waals surface area contributed by atoms with Crippen molar-refractivity contribution in [3.05, 3.63) is 66.2 Å². The van der Waals surface area contributed by atoms with E-state index in [0.717, 1.165) is 44.0 Å². The van der Waals surface area contributed by atoms with Crippen LogP contribution in [0, 0.1) is 5.92 Å². The smallest absolute Gasteiger partial charge is 0.241 e. The lowest BCUT2D eigenvalue weighted by atomic mass is 9.89. The van der Waals surface area contributed by atoms with Gasteiger partial charge in [-0.2, -0.15) is 0 Å². The molecule has 2 aromatic carbocycles. The summed E-state index contributed by atoms with van der Waals surface area (Å²) >= 11 is 0. The normalized spacial score (nSPS) is 17.4. The fourth-order valence-corrected chi connectivity index (χ4v) is 3.43. The summed E-state index contributed by atoms with van der Waals surface area (Å²) in [5.41, 5.74) is 2.29. The number of nitrogens with zero attached hydrogens (tertiary/aromatic N) is 1. The van der Waals surface area contributed by atoms with E-state index in [1.165, 1.54) is 5.56 Å². The molecule has 1 atom stereocenters. The molecule has 1 saturated heterocycles. The van der Waals surface area contributed by atoms with Crippen LogP contribution in [0.4, 0.5) is 5.69 Å². The summed E-state index contributed by atoms with van der Waals surface area (Å²) in [6.45, 7) is 4.01. The lowest BCUT2D eigenvalue weighted by molar-refractivity contribution is -0.121.